The molecule has 0 aliphatic carbocycles. The van der Waals surface area contributed by atoms with Crippen LogP contribution in [0.15, 0.2) is 57.2 Å². The van der Waals surface area contributed by atoms with Gasteiger partial charge in [0.2, 0.25) is 5.95 Å². The highest BCUT2D eigenvalue weighted by molar-refractivity contribution is 7.74. The molecule has 10 heteroatoms. The fraction of sp³-hybridized carbons (Fsp3) is 0.391. The lowest BCUT2D eigenvalue weighted by molar-refractivity contribution is 0.281. The maximum Gasteiger partial charge on any atom is 0.229 e. The molecular formula is C23H31N6O2S2-. The molecule has 8 nitrogen and oxygen atoms in total. The summed E-state index contributed by atoms with van der Waals surface area (Å²) in [4.78, 5) is 13.0. The number of thiophene rings is 1. The van der Waals surface area contributed by atoms with Crippen molar-refractivity contribution in [2.24, 2.45) is 4.36 Å². The normalized spacial score (nSPS) is 13.2. The van der Waals surface area contributed by atoms with Gasteiger partial charge in [-0.3, -0.25) is 0 Å². The van der Waals surface area contributed by atoms with Crippen LogP contribution in [-0.2, 0) is 14.8 Å². The highest BCUT2D eigenvalue weighted by Crippen LogP contribution is 2.31. The second-order valence-corrected chi connectivity index (χ2v) is 9.61. The lowest BCUT2D eigenvalue weighted by Crippen LogP contribution is -2.25. The SMILES string of the molecule is CCN(CC)CCN=[S-](=O)c1ccc(Nc2ncc(-c3cccs3)c(NC(C)CO)n2)cc1. The third-order valence-electron chi connectivity index (χ3n) is 5.06. The monoisotopic (exact) mass is 487 g/mol. The van der Waals surface area contributed by atoms with E-state index < -0.39 is 10.6 Å². The lowest BCUT2D eigenvalue weighted by atomic mass is 10.2. The van der Waals surface area contributed by atoms with Gasteiger partial charge >= 0.3 is 0 Å². The summed E-state index contributed by atoms with van der Waals surface area (Å²) < 4.78 is 16.7. The van der Waals surface area contributed by atoms with Gasteiger partial charge in [-0.2, -0.15) is 15.6 Å². The summed E-state index contributed by atoms with van der Waals surface area (Å²) in [5.74, 6) is 1.09. The molecule has 178 valence electrons. The molecular weight excluding hydrogens is 456 g/mol. The number of hydrogen-bond acceptors (Lipinski definition) is 10. The van der Waals surface area contributed by atoms with Gasteiger partial charge in [0.05, 0.1) is 12.2 Å². The summed E-state index contributed by atoms with van der Waals surface area (Å²) in [7, 11) is -1.38. The van der Waals surface area contributed by atoms with E-state index in [1.54, 1.807) is 29.7 Å². The van der Waals surface area contributed by atoms with Crippen LogP contribution < -0.4 is 10.6 Å². The van der Waals surface area contributed by atoms with Gasteiger partial charge in [-0.25, -0.2) is 4.98 Å². The van der Waals surface area contributed by atoms with Crippen molar-refractivity contribution in [2.75, 3.05) is 43.4 Å². The van der Waals surface area contributed by atoms with Crippen LogP contribution in [0.3, 0.4) is 0 Å². The summed E-state index contributed by atoms with van der Waals surface area (Å²) >= 11 is 1.61. The first-order valence-corrected chi connectivity index (χ1v) is 13.0. The zero-order valence-electron chi connectivity index (χ0n) is 19.2. The van der Waals surface area contributed by atoms with Gasteiger partial charge in [0, 0.05) is 35.9 Å². The Balaban J connectivity index is 1.71. The Kier molecular flexibility index (Phi) is 9.61. The molecule has 0 saturated carbocycles. The number of aliphatic hydroxyl groups excluding tert-OH is 1. The predicted octanol–water partition coefficient (Wildman–Crippen LogP) is 4.59. The molecule has 2 aromatic heterocycles. The van der Waals surface area contributed by atoms with E-state index in [2.05, 4.69) is 43.7 Å². The fourth-order valence-electron chi connectivity index (χ4n) is 3.11. The van der Waals surface area contributed by atoms with Crippen molar-refractivity contribution in [1.29, 1.82) is 0 Å². The summed E-state index contributed by atoms with van der Waals surface area (Å²) in [6.07, 6.45) is 1.77. The van der Waals surface area contributed by atoms with Crippen LogP contribution in [0.5, 0.6) is 0 Å². The van der Waals surface area contributed by atoms with Crippen molar-refractivity contribution in [3.05, 3.63) is 48.0 Å². The van der Waals surface area contributed by atoms with Gasteiger partial charge in [0.15, 0.2) is 0 Å². The average molecular weight is 488 g/mol. The predicted molar refractivity (Wildman–Crippen MR) is 137 cm³/mol. The van der Waals surface area contributed by atoms with Crippen LogP contribution in [0.25, 0.3) is 10.4 Å². The Bertz CT molecular complexity index is 1080. The number of aliphatic hydroxyl groups is 1. The van der Waals surface area contributed by atoms with E-state index in [0.29, 0.717) is 23.2 Å². The van der Waals surface area contributed by atoms with Gasteiger partial charge in [-0.05, 0) is 43.6 Å². The van der Waals surface area contributed by atoms with Gasteiger partial charge in [-0.15, -0.1) is 11.3 Å². The first-order valence-electron chi connectivity index (χ1n) is 11.0. The number of anilines is 3. The number of rotatable bonds is 12. The van der Waals surface area contributed by atoms with E-state index in [-0.39, 0.29) is 12.6 Å². The molecule has 0 radical (unpaired) electrons. The molecule has 33 heavy (non-hydrogen) atoms. The van der Waals surface area contributed by atoms with E-state index in [1.807, 2.05) is 36.6 Å². The Hall–Kier alpha value is -2.53. The van der Waals surface area contributed by atoms with Crippen LogP contribution in [-0.4, -0.2) is 58.8 Å². The molecule has 0 spiro atoms. The number of likely N-dealkylation sites (N-methyl/N-ethyl adjacent to an activating group) is 1. The largest absolute Gasteiger partial charge is 0.440 e. The first-order chi connectivity index (χ1) is 16.0. The van der Waals surface area contributed by atoms with E-state index >= 15 is 0 Å². The smallest absolute Gasteiger partial charge is 0.229 e. The van der Waals surface area contributed by atoms with Crippen molar-refractivity contribution in [3.63, 3.8) is 0 Å². The van der Waals surface area contributed by atoms with Crippen LogP contribution in [0.1, 0.15) is 20.8 Å². The fourth-order valence-corrected chi connectivity index (χ4v) is 4.61. The molecule has 2 heterocycles. The van der Waals surface area contributed by atoms with Crippen molar-refractivity contribution in [2.45, 2.75) is 31.7 Å². The third-order valence-corrected chi connectivity index (χ3v) is 7.06. The molecule has 0 saturated heterocycles. The molecule has 3 N–H and O–H groups in total. The molecule has 3 rings (SSSR count). The van der Waals surface area contributed by atoms with Crippen LogP contribution in [0.4, 0.5) is 17.5 Å². The first kappa shape index (κ1) is 25.1. The highest BCUT2D eigenvalue weighted by Gasteiger charge is 2.12. The summed E-state index contributed by atoms with van der Waals surface area (Å²) in [6, 6.07) is 11.1. The highest BCUT2D eigenvalue weighted by atomic mass is 32.2. The molecule has 0 amide bonds. The minimum atomic E-state index is -1.38. The molecule has 1 aromatic carbocycles. The van der Waals surface area contributed by atoms with E-state index in [1.165, 1.54) is 0 Å². The Labute approximate surface area is 201 Å². The Morgan fingerprint density at radius 1 is 1.21 bits per heavy atom. The van der Waals surface area contributed by atoms with Crippen molar-refractivity contribution >= 4 is 39.4 Å². The molecule has 0 bridgehead atoms. The summed E-state index contributed by atoms with van der Waals surface area (Å²) in [5.41, 5.74) is 1.66. The number of nitrogens with one attached hydrogen (secondary N) is 2. The minimum Gasteiger partial charge on any atom is -0.440 e. The van der Waals surface area contributed by atoms with Crippen molar-refractivity contribution in [3.8, 4) is 10.4 Å². The second kappa shape index (κ2) is 12.6. The minimum absolute atomic E-state index is 0.00474. The molecule has 0 fully saturated rings. The Morgan fingerprint density at radius 2 is 1.97 bits per heavy atom. The number of hydrogen-bond donors (Lipinski definition) is 3. The molecule has 1 atom stereocenters. The van der Waals surface area contributed by atoms with E-state index in [4.69, 9.17) is 0 Å². The third kappa shape index (κ3) is 7.23. The number of aromatic nitrogens is 2. The zero-order chi connectivity index (χ0) is 23.6. The van der Waals surface area contributed by atoms with Crippen LogP contribution >= 0.6 is 11.3 Å². The van der Waals surface area contributed by atoms with Gasteiger partial charge in [-0.1, -0.05) is 36.9 Å². The average Bonchev–Trinajstić information content (AvgIpc) is 3.37. The zero-order valence-corrected chi connectivity index (χ0v) is 20.8. The maximum absolute atomic E-state index is 12.5. The van der Waals surface area contributed by atoms with E-state index in [9.17, 15) is 9.32 Å². The van der Waals surface area contributed by atoms with Gasteiger partial charge in [0.25, 0.3) is 0 Å². The lowest BCUT2D eigenvalue weighted by Gasteiger charge is -2.17. The van der Waals surface area contributed by atoms with Crippen molar-refractivity contribution in [1.82, 2.24) is 14.9 Å². The van der Waals surface area contributed by atoms with Crippen LogP contribution in [0.2, 0.25) is 0 Å². The van der Waals surface area contributed by atoms with Gasteiger partial charge < -0.3 is 29.2 Å². The molecule has 3 aromatic rings. The number of benzene rings is 1. The van der Waals surface area contributed by atoms with E-state index in [0.717, 1.165) is 35.8 Å². The summed E-state index contributed by atoms with van der Waals surface area (Å²) in [5, 5.41) is 17.9. The van der Waals surface area contributed by atoms with Crippen LogP contribution in [0, 0.1) is 0 Å². The molecule has 0 aliphatic rings. The molecule has 1 unspecified atom stereocenters. The molecule has 0 aliphatic heterocycles. The summed E-state index contributed by atoms with van der Waals surface area (Å²) in [6.45, 7) is 9.38. The van der Waals surface area contributed by atoms with Crippen molar-refractivity contribution < 1.29 is 9.32 Å². The standard InChI is InChI=1S/C23H31N6O2S2/c1-4-29(5-2)13-12-25-33(31)19-10-8-18(9-11-19)27-23-24-15-20(21-7-6-14-32-21)22(28-23)26-17(3)16-30/h6-11,14-15,17,30H,4-5,12-13,16H2,1-3H3,(H2,24,26,27,28)/q-1. The topological polar surface area (TPSA) is 103 Å². The Morgan fingerprint density at radius 3 is 2.61 bits per heavy atom. The number of nitrogens with zero attached hydrogens (tertiary/aromatic N) is 4. The quantitative estimate of drug-likeness (QED) is 0.321. The maximum atomic E-state index is 12.5. The van der Waals surface area contributed by atoms with Gasteiger partial charge in [0.1, 0.15) is 5.82 Å². The second-order valence-electron chi connectivity index (χ2n) is 7.44.